The Hall–Kier alpha value is -2.12. The lowest BCUT2D eigenvalue weighted by Gasteiger charge is -2.18. The molecule has 2 rings (SSSR count). The van der Waals surface area contributed by atoms with Crippen molar-refractivity contribution < 1.29 is 8.42 Å². The largest absolute Gasteiger partial charge is 0.399 e. The number of nitrogen functional groups attached to an aromatic ring is 1. The van der Waals surface area contributed by atoms with Gasteiger partial charge in [-0.1, -0.05) is 6.07 Å². The smallest absolute Gasteiger partial charge is 0.242 e. The van der Waals surface area contributed by atoms with Gasteiger partial charge in [-0.25, -0.2) is 13.1 Å². The monoisotopic (exact) mass is 306 g/mol. The number of aromatic nitrogens is 1. The average molecular weight is 306 g/mol. The highest BCUT2D eigenvalue weighted by Crippen LogP contribution is 2.27. The van der Waals surface area contributed by atoms with E-state index in [2.05, 4.69) is 15.0 Å². The number of hydrogen-bond donors (Lipinski definition) is 3. The van der Waals surface area contributed by atoms with E-state index in [0.717, 1.165) is 5.69 Å². The quantitative estimate of drug-likeness (QED) is 0.731. The Kier molecular flexibility index (Phi) is 4.44. The van der Waals surface area contributed by atoms with E-state index in [0.29, 0.717) is 11.4 Å². The van der Waals surface area contributed by atoms with Crippen LogP contribution in [0.4, 0.5) is 11.4 Å². The fourth-order valence-electron chi connectivity index (χ4n) is 1.93. The Morgan fingerprint density at radius 2 is 2.00 bits per heavy atom. The predicted molar refractivity (Wildman–Crippen MR) is 83.4 cm³/mol. The number of pyridine rings is 1. The SMILES string of the molecule is CNS(=O)(=O)c1cc(N)ccc1NC(C)c1ccccn1. The number of nitrogens with two attached hydrogens (primary N) is 1. The number of hydrogen-bond acceptors (Lipinski definition) is 5. The average Bonchev–Trinajstić information content (AvgIpc) is 2.49. The normalized spacial score (nSPS) is 12.9. The van der Waals surface area contributed by atoms with E-state index in [1.165, 1.54) is 13.1 Å². The Bertz CT molecular complexity index is 717. The van der Waals surface area contributed by atoms with Crippen LogP contribution in [-0.4, -0.2) is 20.4 Å². The van der Waals surface area contributed by atoms with Crippen molar-refractivity contribution in [2.45, 2.75) is 17.9 Å². The van der Waals surface area contributed by atoms with Gasteiger partial charge in [-0.15, -0.1) is 0 Å². The lowest BCUT2D eigenvalue weighted by Crippen LogP contribution is -2.21. The van der Waals surface area contributed by atoms with Gasteiger partial charge in [0, 0.05) is 11.9 Å². The van der Waals surface area contributed by atoms with Crippen molar-refractivity contribution in [1.29, 1.82) is 0 Å². The summed E-state index contributed by atoms with van der Waals surface area (Å²) in [6.07, 6.45) is 1.70. The Labute approximate surface area is 124 Å². The third-order valence-electron chi connectivity index (χ3n) is 3.07. The lowest BCUT2D eigenvalue weighted by atomic mass is 10.2. The van der Waals surface area contributed by atoms with E-state index in [1.54, 1.807) is 18.3 Å². The lowest BCUT2D eigenvalue weighted by molar-refractivity contribution is 0.588. The molecule has 0 aliphatic carbocycles. The minimum absolute atomic E-state index is 0.118. The summed E-state index contributed by atoms with van der Waals surface area (Å²) >= 11 is 0. The van der Waals surface area contributed by atoms with Gasteiger partial charge in [-0.3, -0.25) is 4.98 Å². The molecule has 1 unspecified atom stereocenters. The van der Waals surface area contributed by atoms with Crippen molar-refractivity contribution in [2.24, 2.45) is 0 Å². The first kappa shape index (κ1) is 15.3. The Morgan fingerprint density at radius 1 is 1.24 bits per heavy atom. The van der Waals surface area contributed by atoms with Crippen LogP contribution < -0.4 is 15.8 Å². The molecule has 0 amide bonds. The van der Waals surface area contributed by atoms with Crippen molar-refractivity contribution in [2.75, 3.05) is 18.1 Å². The summed E-state index contributed by atoms with van der Waals surface area (Å²) in [6.45, 7) is 1.91. The molecule has 1 atom stereocenters. The molecule has 0 saturated heterocycles. The zero-order valence-corrected chi connectivity index (χ0v) is 12.7. The van der Waals surface area contributed by atoms with Crippen LogP contribution in [0, 0.1) is 0 Å². The molecule has 2 aromatic rings. The summed E-state index contributed by atoms with van der Waals surface area (Å²) in [7, 11) is -2.23. The topological polar surface area (TPSA) is 97.1 Å². The van der Waals surface area contributed by atoms with Crippen LogP contribution in [0.1, 0.15) is 18.7 Å². The maximum atomic E-state index is 12.1. The van der Waals surface area contributed by atoms with Crippen LogP contribution in [0.3, 0.4) is 0 Å². The highest BCUT2D eigenvalue weighted by atomic mass is 32.2. The Morgan fingerprint density at radius 3 is 2.62 bits per heavy atom. The fourth-order valence-corrected chi connectivity index (χ4v) is 2.86. The second-order valence-corrected chi connectivity index (χ2v) is 6.44. The molecule has 7 heteroatoms. The first-order chi connectivity index (χ1) is 9.94. The summed E-state index contributed by atoms with van der Waals surface area (Å²) in [6, 6.07) is 10.2. The molecular weight excluding hydrogens is 288 g/mol. The summed E-state index contributed by atoms with van der Waals surface area (Å²) in [4.78, 5) is 4.37. The molecule has 1 aromatic heterocycles. The van der Waals surface area contributed by atoms with E-state index < -0.39 is 10.0 Å². The summed E-state index contributed by atoms with van der Waals surface area (Å²) < 4.78 is 26.4. The van der Waals surface area contributed by atoms with Gasteiger partial charge in [0.2, 0.25) is 10.0 Å². The van der Waals surface area contributed by atoms with E-state index in [4.69, 9.17) is 5.73 Å². The number of nitrogens with one attached hydrogen (secondary N) is 2. The molecule has 0 spiro atoms. The van der Waals surface area contributed by atoms with Crippen LogP contribution in [0.25, 0.3) is 0 Å². The zero-order chi connectivity index (χ0) is 15.5. The second-order valence-electron chi connectivity index (χ2n) is 4.58. The predicted octanol–water partition coefficient (Wildman–Crippen LogP) is 1.74. The maximum Gasteiger partial charge on any atom is 0.242 e. The van der Waals surface area contributed by atoms with Crippen molar-refractivity contribution >= 4 is 21.4 Å². The van der Waals surface area contributed by atoms with Crippen LogP contribution >= 0.6 is 0 Å². The fraction of sp³-hybridized carbons (Fsp3) is 0.214. The molecule has 0 aliphatic heterocycles. The van der Waals surface area contributed by atoms with Crippen LogP contribution in [-0.2, 0) is 10.0 Å². The molecule has 0 saturated carbocycles. The van der Waals surface area contributed by atoms with Gasteiger partial charge in [0.1, 0.15) is 4.90 Å². The highest BCUT2D eigenvalue weighted by Gasteiger charge is 2.18. The minimum atomic E-state index is -3.59. The molecule has 6 nitrogen and oxygen atoms in total. The molecule has 1 aromatic carbocycles. The molecule has 1 heterocycles. The number of nitrogens with zero attached hydrogens (tertiary/aromatic N) is 1. The third-order valence-corrected chi connectivity index (χ3v) is 4.52. The van der Waals surface area contributed by atoms with Gasteiger partial charge in [0.05, 0.1) is 17.4 Å². The summed E-state index contributed by atoms with van der Waals surface area (Å²) in [5, 5.41) is 3.16. The highest BCUT2D eigenvalue weighted by molar-refractivity contribution is 7.89. The molecule has 4 N–H and O–H groups in total. The molecular formula is C14H18N4O2S. The van der Waals surface area contributed by atoms with E-state index in [9.17, 15) is 8.42 Å². The third kappa shape index (κ3) is 3.50. The molecule has 0 radical (unpaired) electrons. The Balaban J connectivity index is 2.37. The van der Waals surface area contributed by atoms with Crippen molar-refractivity contribution in [3.05, 3.63) is 48.3 Å². The van der Waals surface area contributed by atoms with Crippen LogP contribution in [0.5, 0.6) is 0 Å². The number of rotatable bonds is 5. The van der Waals surface area contributed by atoms with Crippen LogP contribution in [0.2, 0.25) is 0 Å². The van der Waals surface area contributed by atoms with Crippen LogP contribution in [0.15, 0.2) is 47.5 Å². The van der Waals surface area contributed by atoms with E-state index >= 15 is 0 Å². The van der Waals surface area contributed by atoms with Crippen molar-refractivity contribution in [3.63, 3.8) is 0 Å². The molecule has 112 valence electrons. The van der Waals surface area contributed by atoms with Gasteiger partial charge in [-0.05, 0) is 44.3 Å². The molecule has 0 bridgehead atoms. The number of benzene rings is 1. The molecule has 0 aliphatic rings. The first-order valence-corrected chi connectivity index (χ1v) is 7.93. The molecule has 0 fully saturated rings. The number of anilines is 2. The van der Waals surface area contributed by atoms with E-state index in [-0.39, 0.29) is 10.9 Å². The van der Waals surface area contributed by atoms with E-state index in [1.807, 2.05) is 25.1 Å². The van der Waals surface area contributed by atoms with Gasteiger partial charge in [0.15, 0.2) is 0 Å². The van der Waals surface area contributed by atoms with Crippen molar-refractivity contribution in [1.82, 2.24) is 9.71 Å². The first-order valence-electron chi connectivity index (χ1n) is 6.44. The van der Waals surface area contributed by atoms with Gasteiger partial charge < -0.3 is 11.1 Å². The maximum absolute atomic E-state index is 12.1. The van der Waals surface area contributed by atoms with Gasteiger partial charge in [-0.2, -0.15) is 0 Å². The van der Waals surface area contributed by atoms with Crippen molar-refractivity contribution in [3.8, 4) is 0 Å². The second kappa shape index (κ2) is 6.11. The van der Waals surface area contributed by atoms with Gasteiger partial charge >= 0.3 is 0 Å². The summed E-state index contributed by atoms with van der Waals surface area (Å²) in [5.74, 6) is 0. The zero-order valence-electron chi connectivity index (χ0n) is 11.9. The molecule has 21 heavy (non-hydrogen) atoms. The van der Waals surface area contributed by atoms with Gasteiger partial charge in [0.25, 0.3) is 0 Å². The number of sulfonamides is 1. The minimum Gasteiger partial charge on any atom is -0.399 e. The standard InChI is InChI=1S/C14H18N4O2S/c1-10(12-5-3-4-8-17-12)18-13-7-6-11(15)9-14(13)21(19,20)16-2/h3-10,16,18H,15H2,1-2H3. The summed E-state index contributed by atoms with van der Waals surface area (Å²) in [5.41, 5.74) is 7.38.